The van der Waals surface area contributed by atoms with Crippen molar-refractivity contribution < 1.29 is 0 Å². The molecule has 0 spiro atoms. The van der Waals surface area contributed by atoms with Gasteiger partial charge in [0.2, 0.25) is 0 Å². The fourth-order valence-corrected chi connectivity index (χ4v) is 1.70. The second kappa shape index (κ2) is 4.19. The Kier molecular flexibility index (Phi) is 2.93. The zero-order chi connectivity index (χ0) is 9.97. The van der Waals surface area contributed by atoms with Crippen molar-refractivity contribution in [1.82, 2.24) is 9.97 Å². The molecular formula is C10H6Br2N2. The molecule has 0 amide bonds. The van der Waals surface area contributed by atoms with Crippen LogP contribution in [0.4, 0.5) is 0 Å². The van der Waals surface area contributed by atoms with Crippen LogP contribution in [0.15, 0.2) is 45.7 Å². The third-order valence-corrected chi connectivity index (χ3v) is 2.63. The molecule has 2 nitrogen and oxygen atoms in total. The van der Waals surface area contributed by atoms with Crippen molar-refractivity contribution in [2.45, 2.75) is 0 Å². The molecule has 70 valence electrons. The smallest absolute Gasteiger partial charge is 0.0718 e. The summed E-state index contributed by atoms with van der Waals surface area (Å²) in [5, 5.41) is 0. The Morgan fingerprint density at radius 1 is 0.929 bits per heavy atom. The maximum Gasteiger partial charge on any atom is 0.0718 e. The van der Waals surface area contributed by atoms with E-state index in [9.17, 15) is 0 Å². The monoisotopic (exact) mass is 312 g/mol. The summed E-state index contributed by atoms with van der Waals surface area (Å²) in [5.41, 5.74) is 1.92. The summed E-state index contributed by atoms with van der Waals surface area (Å²) in [5.74, 6) is 0. The Labute approximate surface area is 98.7 Å². The van der Waals surface area contributed by atoms with E-state index in [0.29, 0.717) is 0 Å². The van der Waals surface area contributed by atoms with Crippen LogP contribution >= 0.6 is 31.9 Å². The molecule has 4 heteroatoms. The molecule has 0 atom stereocenters. The van der Waals surface area contributed by atoms with Gasteiger partial charge in [-0.2, -0.15) is 0 Å². The number of rotatable bonds is 1. The summed E-state index contributed by atoms with van der Waals surface area (Å²) >= 11 is 6.72. The average molecular weight is 314 g/mol. The van der Waals surface area contributed by atoms with E-state index in [1.807, 2.05) is 18.2 Å². The van der Waals surface area contributed by atoms with Crippen LogP contribution in [0.5, 0.6) is 0 Å². The van der Waals surface area contributed by atoms with Gasteiger partial charge in [0.05, 0.1) is 5.69 Å². The Balaban J connectivity index is 2.44. The van der Waals surface area contributed by atoms with Gasteiger partial charge < -0.3 is 0 Å². The summed E-state index contributed by atoms with van der Waals surface area (Å²) in [6.45, 7) is 0. The molecule has 0 unspecified atom stereocenters. The highest BCUT2D eigenvalue weighted by molar-refractivity contribution is 9.10. The molecule has 2 aromatic heterocycles. The zero-order valence-corrected chi connectivity index (χ0v) is 10.3. The molecule has 0 aromatic carbocycles. The van der Waals surface area contributed by atoms with Crippen LogP contribution in [0.3, 0.4) is 0 Å². The SMILES string of the molecule is Brc1ccc(-c2cncc(Br)c2)nc1. The molecular weight excluding hydrogens is 308 g/mol. The van der Waals surface area contributed by atoms with Gasteiger partial charge >= 0.3 is 0 Å². The predicted molar refractivity (Wildman–Crippen MR) is 62.9 cm³/mol. The lowest BCUT2D eigenvalue weighted by atomic mass is 10.2. The highest BCUT2D eigenvalue weighted by atomic mass is 79.9. The van der Waals surface area contributed by atoms with E-state index in [1.165, 1.54) is 0 Å². The summed E-state index contributed by atoms with van der Waals surface area (Å²) in [6.07, 6.45) is 5.32. The maximum absolute atomic E-state index is 4.28. The first-order valence-corrected chi connectivity index (χ1v) is 5.57. The molecule has 0 N–H and O–H groups in total. The molecule has 14 heavy (non-hydrogen) atoms. The Morgan fingerprint density at radius 3 is 2.43 bits per heavy atom. The number of hydrogen-bond donors (Lipinski definition) is 0. The summed E-state index contributed by atoms with van der Waals surface area (Å²) in [7, 11) is 0. The highest BCUT2D eigenvalue weighted by Gasteiger charge is 1.99. The minimum Gasteiger partial charge on any atom is -0.263 e. The molecule has 0 fully saturated rings. The van der Waals surface area contributed by atoms with Gasteiger partial charge in [0.15, 0.2) is 0 Å². The van der Waals surface area contributed by atoms with Crippen molar-refractivity contribution >= 4 is 31.9 Å². The van der Waals surface area contributed by atoms with Crippen LogP contribution in [-0.2, 0) is 0 Å². The fourth-order valence-electron chi connectivity index (χ4n) is 1.10. The molecule has 0 aliphatic carbocycles. The number of pyridine rings is 2. The van der Waals surface area contributed by atoms with Crippen LogP contribution in [0.1, 0.15) is 0 Å². The van der Waals surface area contributed by atoms with Crippen LogP contribution in [0.2, 0.25) is 0 Å². The first kappa shape index (κ1) is 9.80. The van der Waals surface area contributed by atoms with Crippen molar-refractivity contribution in [2.24, 2.45) is 0 Å². The third-order valence-electron chi connectivity index (χ3n) is 1.73. The quantitative estimate of drug-likeness (QED) is 0.803. The van der Waals surface area contributed by atoms with Gasteiger partial charge in [0.1, 0.15) is 0 Å². The van der Waals surface area contributed by atoms with E-state index in [0.717, 1.165) is 20.2 Å². The lowest BCUT2D eigenvalue weighted by Crippen LogP contribution is -1.83. The third kappa shape index (κ3) is 2.19. The minimum absolute atomic E-state index is 0.919. The standard InChI is InChI=1S/C10H6Br2N2/c11-8-1-2-10(14-6-8)7-3-9(12)5-13-4-7/h1-6H. The second-order valence-electron chi connectivity index (χ2n) is 2.75. The van der Waals surface area contributed by atoms with Crippen LogP contribution in [0, 0.1) is 0 Å². The van der Waals surface area contributed by atoms with Gasteiger partial charge in [-0.25, -0.2) is 0 Å². The largest absolute Gasteiger partial charge is 0.263 e. The average Bonchev–Trinajstić information content (AvgIpc) is 2.19. The molecule has 2 heterocycles. The Morgan fingerprint density at radius 2 is 1.79 bits per heavy atom. The van der Waals surface area contributed by atoms with E-state index < -0.39 is 0 Å². The lowest BCUT2D eigenvalue weighted by Gasteiger charge is -2.00. The topological polar surface area (TPSA) is 25.8 Å². The maximum atomic E-state index is 4.28. The van der Waals surface area contributed by atoms with Gasteiger partial charge in [0.25, 0.3) is 0 Å². The van der Waals surface area contributed by atoms with Crippen LogP contribution < -0.4 is 0 Å². The van der Waals surface area contributed by atoms with Gasteiger partial charge in [0, 0.05) is 33.1 Å². The minimum atomic E-state index is 0.919. The molecule has 0 bridgehead atoms. The number of nitrogens with zero attached hydrogens (tertiary/aromatic N) is 2. The molecule has 0 saturated heterocycles. The molecule has 2 rings (SSSR count). The van der Waals surface area contributed by atoms with Gasteiger partial charge in [-0.15, -0.1) is 0 Å². The van der Waals surface area contributed by atoms with Gasteiger partial charge in [-0.05, 0) is 50.1 Å². The normalized spacial score (nSPS) is 10.1. The van der Waals surface area contributed by atoms with E-state index in [1.54, 1.807) is 18.6 Å². The Bertz CT molecular complexity index is 440. The molecule has 0 saturated carbocycles. The fraction of sp³-hybridized carbons (Fsp3) is 0. The first-order valence-electron chi connectivity index (χ1n) is 3.98. The van der Waals surface area contributed by atoms with Crippen molar-refractivity contribution in [3.8, 4) is 11.3 Å². The highest BCUT2D eigenvalue weighted by Crippen LogP contribution is 2.20. The predicted octanol–water partition coefficient (Wildman–Crippen LogP) is 3.67. The van der Waals surface area contributed by atoms with E-state index >= 15 is 0 Å². The molecule has 0 aliphatic heterocycles. The van der Waals surface area contributed by atoms with E-state index in [-0.39, 0.29) is 0 Å². The zero-order valence-electron chi connectivity index (χ0n) is 7.11. The van der Waals surface area contributed by atoms with E-state index in [4.69, 9.17) is 0 Å². The number of aromatic nitrogens is 2. The lowest BCUT2D eigenvalue weighted by molar-refractivity contribution is 1.26. The van der Waals surface area contributed by atoms with Crippen molar-refractivity contribution in [3.63, 3.8) is 0 Å². The van der Waals surface area contributed by atoms with Crippen LogP contribution in [-0.4, -0.2) is 9.97 Å². The molecule has 0 aliphatic rings. The number of hydrogen-bond acceptors (Lipinski definition) is 2. The molecule has 0 radical (unpaired) electrons. The summed E-state index contributed by atoms with van der Waals surface area (Å²) in [6, 6.07) is 5.90. The van der Waals surface area contributed by atoms with Crippen LogP contribution in [0.25, 0.3) is 11.3 Å². The Hall–Kier alpha value is -0.740. The number of halogens is 2. The van der Waals surface area contributed by atoms with Crippen molar-refractivity contribution in [3.05, 3.63) is 45.7 Å². The summed E-state index contributed by atoms with van der Waals surface area (Å²) in [4.78, 5) is 8.37. The first-order chi connectivity index (χ1) is 6.75. The van der Waals surface area contributed by atoms with Gasteiger partial charge in [-0.1, -0.05) is 0 Å². The van der Waals surface area contributed by atoms with E-state index in [2.05, 4.69) is 41.8 Å². The van der Waals surface area contributed by atoms with Crippen molar-refractivity contribution in [1.29, 1.82) is 0 Å². The van der Waals surface area contributed by atoms with Gasteiger partial charge in [-0.3, -0.25) is 9.97 Å². The molecule has 2 aromatic rings. The second-order valence-corrected chi connectivity index (χ2v) is 4.58. The summed E-state index contributed by atoms with van der Waals surface area (Å²) < 4.78 is 1.93. The van der Waals surface area contributed by atoms with Crippen molar-refractivity contribution in [2.75, 3.05) is 0 Å².